The monoisotopic (exact) mass is 533 g/mol. The van der Waals surface area contributed by atoms with Crippen LogP contribution in [0.4, 0.5) is 13.2 Å². The summed E-state index contributed by atoms with van der Waals surface area (Å²) in [5, 5.41) is 10.2. The molecule has 210 valence electrons. The van der Waals surface area contributed by atoms with Gasteiger partial charge in [0.1, 0.15) is 11.3 Å². The molecule has 5 rings (SSSR count). The summed E-state index contributed by atoms with van der Waals surface area (Å²) < 4.78 is 48.7. The first-order chi connectivity index (χ1) is 18.2. The maximum atomic E-state index is 14.2. The van der Waals surface area contributed by atoms with Crippen molar-refractivity contribution in [1.82, 2.24) is 4.90 Å². The van der Waals surface area contributed by atoms with Crippen LogP contribution in [0.2, 0.25) is 0 Å². The van der Waals surface area contributed by atoms with Crippen LogP contribution in [0.1, 0.15) is 96.1 Å². The number of fused-ring (bicyclic) bond motifs is 3. The Kier molecular flexibility index (Phi) is 9.27. The highest BCUT2D eigenvalue weighted by Gasteiger charge is 2.41. The molecule has 2 saturated heterocycles. The summed E-state index contributed by atoms with van der Waals surface area (Å²) in [4.78, 5) is 14.0. The number of benzene rings is 2. The second kappa shape index (κ2) is 12.3. The Labute approximate surface area is 224 Å². The largest absolute Gasteiger partial charge is 0.490 e. The van der Waals surface area contributed by atoms with E-state index >= 15 is 0 Å². The third-order valence-electron chi connectivity index (χ3n) is 8.83. The van der Waals surface area contributed by atoms with Gasteiger partial charge in [-0.3, -0.25) is 9.69 Å². The zero-order chi connectivity index (χ0) is 27.4. The Hall–Kier alpha value is -2.28. The first-order valence-electron chi connectivity index (χ1n) is 14.5. The molecule has 1 aliphatic carbocycles. The number of rotatable bonds is 6. The highest BCUT2D eigenvalue weighted by atomic mass is 19.4. The molecule has 2 unspecified atom stereocenters. The summed E-state index contributed by atoms with van der Waals surface area (Å²) in [5.41, 5.74) is 0.288. The van der Waals surface area contributed by atoms with E-state index in [4.69, 9.17) is 4.74 Å². The summed E-state index contributed by atoms with van der Waals surface area (Å²) >= 11 is 0. The molecular weight excluding hydrogens is 491 g/mol. The van der Waals surface area contributed by atoms with Gasteiger partial charge < -0.3 is 9.84 Å². The van der Waals surface area contributed by atoms with Gasteiger partial charge in [-0.1, -0.05) is 51.8 Å². The van der Waals surface area contributed by atoms with E-state index in [1.54, 1.807) is 18.2 Å². The van der Waals surface area contributed by atoms with E-state index < -0.39 is 17.7 Å². The molecule has 2 aliphatic heterocycles. The van der Waals surface area contributed by atoms with Gasteiger partial charge in [0.2, 0.25) is 0 Å². The van der Waals surface area contributed by atoms with E-state index in [1.165, 1.54) is 6.07 Å². The van der Waals surface area contributed by atoms with Gasteiger partial charge in [0, 0.05) is 18.6 Å². The van der Waals surface area contributed by atoms with Gasteiger partial charge >= 0.3 is 12.1 Å². The van der Waals surface area contributed by atoms with E-state index in [-0.39, 0.29) is 35.2 Å². The molecule has 38 heavy (non-hydrogen) atoms. The standard InChI is InChI=1S/C29H36F3NO3.C2H6/c1-2-18-6-10-24(11-7-18)36-26-13-9-20-14-19(8-12-25(20)27(26)29(30,31)32)17-33-22-4-3-5-23(33)16-21(15-22)28(34)35;1-2/h8-9,12-14,18,21-24H,2-7,10-11,15-17H2,1H3,(H,34,35);1-2H3. The molecule has 7 heteroatoms. The van der Waals surface area contributed by atoms with Crippen molar-refractivity contribution in [2.24, 2.45) is 11.8 Å². The van der Waals surface area contributed by atoms with Crippen LogP contribution < -0.4 is 4.74 Å². The molecule has 0 spiro atoms. The normalized spacial score (nSPS) is 27.9. The quantitative estimate of drug-likeness (QED) is 0.405. The van der Waals surface area contributed by atoms with Crippen molar-refractivity contribution in [2.45, 2.75) is 116 Å². The lowest BCUT2D eigenvalue weighted by molar-refractivity contribution is -0.146. The van der Waals surface area contributed by atoms with E-state index in [2.05, 4.69) is 11.8 Å². The van der Waals surface area contributed by atoms with Gasteiger partial charge in [0.05, 0.1) is 12.0 Å². The second-order valence-electron chi connectivity index (χ2n) is 11.1. The predicted octanol–water partition coefficient (Wildman–Crippen LogP) is 8.45. The molecule has 2 heterocycles. The van der Waals surface area contributed by atoms with Crippen molar-refractivity contribution in [3.63, 3.8) is 0 Å². The van der Waals surface area contributed by atoms with Gasteiger partial charge in [-0.05, 0) is 85.8 Å². The Bertz CT molecular complexity index is 1080. The lowest BCUT2D eigenvalue weighted by atomic mass is 9.78. The summed E-state index contributed by atoms with van der Waals surface area (Å²) in [5.74, 6) is -0.421. The molecule has 0 radical (unpaired) electrons. The fourth-order valence-electron chi connectivity index (χ4n) is 6.83. The van der Waals surface area contributed by atoms with E-state index in [1.807, 2.05) is 19.9 Å². The number of carboxylic acid groups (broad SMARTS) is 1. The van der Waals surface area contributed by atoms with Crippen LogP contribution in [0.5, 0.6) is 5.75 Å². The maximum absolute atomic E-state index is 14.2. The molecule has 2 aromatic rings. The van der Waals surface area contributed by atoms with Crippen LogP contribution in [0.25, 0.3) is 10.8 Å². The van der Waals surface area contributed by atoms with Crippen LogP contribution in [0.15, 0.2) is 30.3 Å². The van der Waals surface area contributed by atoms with E-state index in [0.29, 0.717) is 30.7 Å². The first-order valence-corrected chi connectivity index (χ1v) is 14.5. The summed E-state index contributed by atoms with van der Waals surface area (Å²) in [6.07, 6.45) is 4.41. The number of nitrogens with zero attached hydrogens (tertiary/aromatic N) is 1. The minimum Gasteiger partial charge on any atom is -0.490 e. The molecule has 2 bridgehead atoms. The maximum Gasteiger partial charge on any atom is 0.420 e. The molecular formula is C31H42F3NO3. The molecule has 3 aliphatic rings. The van der Waals surface area contributed by atoms with Crippen molar-refractivity contribution in [3.8, 4) is 5.75 Å². The zero-order valence-electron chi connectivity index (χ0n) is 22.9. The number of aliphatic carboxylic acids is 1. The van der Waals surface area contributed by atoms with Gasteiger partial charge in [0.25, 0.3) is 0 Å². The van der Waals surface area contributed by atoms with Crippen LogP contribution in [0, 0.1) is 11.8 Å². The minimum absolute atomic E-state index is 0.0621. The second-order valence-corrected chi connectivity index (χ2v) is 11.1. The van der Waals surface area contributed by atoms with Crippen molar-refractivity contribution in [3.05, 3.63) is 41.5 Å². The molecule has 1 saturated carbocycles. The first kappa shape index (κ1) is 28.7. The molecule has 0 amide bonds. The van der Waals surface area contributed by atoms with Gasteiger partial charge in [0.15, 0.2) is 0 Å². The Morgan fingerprint density at radius 1 is 1.00 bits per heavy atom. The molecule has 1 N–H and O–H groups in total. The highest BCUT2D eigenvalue weighted by molar-refractivity contribution is 5.89. The summed E-state index contributed by atoms with van der Waals surface area (Å²) in [7, 11) is 0. The molecule has 0 aromatic heterocycles. The summed E-state index contributed by atoms with van der Waals surface area (Å²) in [6, 6.07) is 8.94. The average Bonchev–Trinajstić information content (AvgIpc) is 2.89. The smallest absolute Gasteiger partial charge is 0.420 e. The number of piperidine rings is 2. The van der Waals surface area contributed by atoms with Crippen molar-refractivity contribution < 1.29 is 27.8 Å². The van der Waals surface area contributed by atoms with Gasteiger partial charge in [-0.25, -0.2) is 0 Å². The molecule has 3 fully saturated rings. The highest BCUT2D eigenvalue weighted by Crippen LogP contribution is 2.43. The van der Waals surface area contributed by atoms with Crippen LogP contribution in [-0.2, 0) is 17.5 Å². The van der Waals surface area contributed by atoms with Crippen molar-refractivity contribution in [2.75, 3.05) is 0 Å². The minimum atomic E-state index is -4.51. The van der Waals surface area contributed by atoms with Gasteiger partial charge in [-0.2, -0.15) is 13.2 Å². The lowest BCUT2D eigenvalue weighted by Gasteiger charge is -2.48. The zero-order valence-corrected chi connectivity index (χ0v) is 22.9. The Balaban J connectivity index is 0.00000164. The van der Waals surface area contributed by atoms with Crippen molar-refractivity contribution >= 4 is 16.7 Å². The SMILES string of the molecule is CC.CCC1CCC(Oc2ccc3cc(CN4C5CCCC4CC(C(=O)O)C5)ccc3c2C(F)(F)F)CC1. The van der Waals surface area contributed by atoms with Crippen LogP contribution in [-0.4, -0.2) is 34.2 Å². The fraction of sp³-hybridized carbons (Fsp3) is 0.645. The molecule has 4 nitrogen and oxygen atoms in total. The van der Waals surface area contributed by atoms with E-state index in [9.17, 15) is 23.1 Å². The number of hydrogen-bond donors (Lipinski definition) is 1. The number of carbonyl (C=O) groups is 1. The third-order valence-corrected chi connectivity index (χ3v) is 8.83. The topological polar surface area (TPSA) is 49.8 Å². The molecule has 2 aromatic carbocycles. The number of alkyl halides is 3. The lowest BCUT2D eigenvalue weighted by Crippen LogP contribution is -2.52. The fourth-order valence-corrected chi connectivity index (χ4v) is 6.83. The Morgan fingerprint density at radius 3 is 2.24 bits per heavy atom. The predicted molar refractivity (Wildman–Crippen MR) is 144 cm³/mol. The number of hydrogen-bond acceptors (Lipinski definition) is 3. The van der Waals surface area contributed by atoms with E-state index in [0.717, 1.165) is 56.9 Å². The molecule has 2 atom stereocenters. The van der Waals surface area contributed by atoms with Crippen LogP contribution in [0.3, 0.4) is 0 Å². The average molecular weight is 534 g/mol. The third kappa shape index (κ3) is 6.30. The summed E-state index contributed by atoms with van der Waals surface area (Å²) in [6.45, 7) is 6.80. The van der Waals surface area contributed by atoms with Crippen molar-refractivity contribution in [1.29, 1.82) is 0 Å². The Morgan fingerprint density at radius 2 is 1.66 bits per heavy atom. The number of carboxylic acids is 1. The number of halogens is 3. The van der Waals surface area contributed by atoms with Gasteiger partial charge in [-0.15, -0.1) is 0 Å². The number of ether oxygens (including phenoxy) is 1. The van der Waals surface area contributed by atoms with Crippen LogP contribution >= 0.6 is 0 Å².